The van der Waals surface area contributed by atoms with E-state index in [2.05, 4.69) is 48.7 Å². The molecule has 1 fully saturated rings. The lowest BCUT2D eigenvalue weighted by Crippen LogP contribution is -2.35. The van der Waals surface area contributed by atoms with E-state index in [0.29, 0.717) is 24.3 Å². The van der Waals surface area contributed by atoms with E-state index in [0.717, 1.165) is 19.5 Å². The molecule has 4 heteroatoms. The third-order valence-electron chi connectivity index (χ3n) is 4.15. The average molecular weight is 311 g/mol. The maximum Gasteiger partial charge on any atom is 0.221 e. The molecule has 2 unspecified atom stereocenters. The molecule has 1 aliphatic heterocycles. The zero-order valence-electron chi connectivity index (χ0n) is 13.0. The smallest absolute Gasteiger partial charge is 0.221 e. The van der Waals surface area contributed by atoms with Crippen molar-refractivity contribution in [3.63, 3.8) is 0 Å². The topological polar surface area (TPSA) is 41.1 Å². The van der Waals surface area contributed by atoms with E-state index in [1.165, 1.54) is 12.0 Å². The van der Waals surface area contributed by atoms with Crippen molar-refractivity contribution in [2.45, 2.75) is 45.1 Å². The Hall–Kier alpha value is -1.06. The SMILES string of the molecule is CC(C)C(CNC(=O)CC1CCCN1)c1ccccc1.Cl. The van der Waals surface area contributed by atoms with Crippen molar-refractivity contribution in [2.75, 3.05) is 13.1 Å². The number of carbonyl (C=O) groups excluding carboxylic acids is 1. The summed E-state index contributed by atoms with van der Waals surface area (Å²) in [5, 5.41) is 6.48. The van der Waals surface area contributed by atoms with Gasteiger partial charge in [-0.05, 0) is 30.9 Å². The lowest BCUT2D eigenvalue weighted by atomic mass is 9.88. The summed E-state index contributed by atoms with van der Waals surface area (Å²) >= 11 is 0. The molecule has 0 bridgehead atoms. The van der Waals surface area contributed by atoms with Gasteiger partial charge in [0.15, 0.2) is 0 Å². The lowest BCUT2D eigenvalue weighted by molar-refractivity contribution is -0.121. The highest BCUT2D eigenvalue weighted by Crippen LogP contribution is 2.23. The minimum absolute atomic E-state index is 0. The second-order valence-corrected chi connectivity index (χ2v) is 6.06. The summed E-state index contributed by atoms with van der Waals surface area (Å²) in [7, 11) is 0. The van der Waals surface area contributed by atoms with Crippen molar-refractivity contribution in [1.29, 1.82) is 0 Å². The Labute approximate surface area is 134 Å². The van der Waals surface area contributed by atoms with E-state index in [4.69, 9.17) is 0 Å². The Morgan fingerprint density at radius 3 is 2.62 bits per heavy atom. The number of carbonyl (C=O) groups is 1. The molecule has 2 atom stereocenters. The third-order valence-corrected chi connectivity index (χ3v) is 4.15. The molecule has 1 aromatic rings. The summed E-state index contributed by atoms with van der Waals surface area (Å²) < 4.78 is 0. The Morgan fingerprint density at radius 1 is 1.33 bits per heavy atom. The van der Waals surface area contributed by atoms with Gasteiger partial charge in [0.2, 0.25) is 5.91 Å². The first-order valence-corrected chi connectivity index (χ1v) is 7.72. The average Bonchev–Trinajstić information content (AvgIpc) is 2.92. The number of rotatable bonds is 6. The molecule has 1 amide bonds. The molecular weight excluding hydrogens is 284 g/mol. The van der Waals surface area contributed by atoms with Crippen LogP contribution in [0.25, 0.3) is 0 Å². The van der Waals surface area contributed by atoms with Crippen LogP contribution < -0.4 is 10.6 Å². The van der Waals surface area contributed by atoms with Crippen LogP contribution in [-0.4, -0.2) is 25.0 Å². The zero-order valence-corrected chi connectivity index (χ0v) is 13.8. The molecule has 0 radical (unpaired) electrons. The number of hydrogen-bond acceptors (Lipinski definition) is 2. The van der Waals surface area contributed by atoms with E-state index in [1.54, 1.807) is 0 Å². The molecule has 0 aromatic heterocycles. The number of hydrogen-bond donors (Lipinski definition) is 2. The highest BCUT2D eigenvalue weighted by atomic mass is 35.5. The van der Waals surface area contributed by atoms with Gasteiger partial charge in [0.05, 0.1) is 0 Å². The van der Waals surface area contributed by atoms with Crippen molar-refractivity contribution in [3.05, 3.63) is 35.9 Å². The van der Waals surface area contributed by atoms with Gasteiger partial charge < -0.3 is 10.6 Å². The van der Waals surface area contributed by atoms with E-state index in [1.807, 2.05) is 6.07 Å². The monoisotopic (exact) mass is 310 g/mol. The Balaban J connectivity index is 0.00000220. The highest BCUT2D eigenvalue weighted by molar-refractivity contribution is 5.85. The molecule has 0 spiro atoms. The van der Waals surface area contributed by atoms with Gasteiger partial charge in [-0.15, -0.1) is 12.4 Å². The Kier molecular flexibility index (Phi) is 7.76. The number of benzene rings is 1. The molecular formula is C17H27ClN2O. The molecule has 1 saturated heterocycles. The van der Waals surface area contributed by atoms with Gasteiger partial charge >= 0.3 is 0 Å². The first-order valence-electron chi connectivity index (χ1n) is 7.72. The molecule has 0 saturated carbocycles. The van der Waals surface area contributed by atoms with Crippen LogP contribution >= 0.6 is 12.4 Å². The van der Waals surface area contributed by atoms with Crippen molar-refractivity contribution in [1.82, 2.24) is 10.6 Å². The van der Waals surface area contributed by atoms with Gasteiger partial charge in [-0.2, -0.15) is 0 Å². The Morgan fingerprint density at radius 2 is 2.05 bits per heavy atom. The highest BCUT2D eigenvalue weighted by Gasteiger charge is 2.20. The molecule has 1 heterocycles. The predicted molar refractivity (Wildman–Crippen MR) is 89.9 cm³/mol. The fraction of sp³-hybridized carbons (Fsp3) is 0.588. The molecule has 1 aliphatic rings. The maximum absolute atomic E-state index is 12.0. The summed E-state index contributed by atoms with van der Waals surface area (Å²) in [6, 6.07) is 10.8. The number of halogens is 1. The summed E-state index contributed by atoms with van der Waals surface area (Å²) in [6.45, 7) is 6.20. The molecule has 2 rings (SSSR count). The molecule has 21 heavy (non-hydrogen) atoms. The number of amides is 1. The quantitative estimate of drug-likeness (QED) is 0.847. The molecule has 3 nitrogen and oxygen atoms in total. The largest absolute Gasteiger partial charge is 0.355 e. The summed E-state index contributed by atoms with van der Waals surface area (Å²) in [4.78, 5) is 12.0. The minimum Gasteiger partial charge on any atom is -0.355 e. The second kappa shape index (κ2) is 9.06. The minimum atomic E-state index is 0. The van der Waals surface area contributed by atoms with Gasteiger partial charge in [-0.1, -0.05) is 44.2 Å². The van der Waals surface area contributed by atoms with Crippen LogP contribution in [0.2, 0.25) is 0 Å². The predicted octanol–water partition coefficient (Wildman–Crippen LogP) is 3.11. The molecule has 0 aliphatic carbocycles. The van der Waals surface area contributed by atoms with Crippen LogP contribution in [0.3, 0.4) is 0 Å². The van der Waals surface area contributed by atoms with E-state index >= 15 is 0 Å². The maximum atomic E-state index is 12.0. The van der Waals surface area contributed by atoms with Crippen LogP contribution in [0.5, 0.6) is 0 Å². The van der Waals surface area contributed by atoms with Crippen LogP contribution in [0.4, 0.5) is 0 Å². The van der Waals surface area contributed by atoms with Crippen LogP contribution in [0.15, 0.2) is 30.3 Å². The molecule has 2 N–H and O–H groups in total. The van der Waals surface area contributed by atoms with Crippen LogP contribution in [0, 0.1) is 5.92 Å². The summed E-state index contributed by atoms with van der Waals surface area (Å²) in [5.74, 6) is 1.07. The summed E-state index contributed by atoms with van der Waals surface area (Å²) in [5.41, 5.74) is 1.31. The fourth-order valence-electron chi connectivity index (χ4n) is 2.89. The normalized spacial score (nSPS) is 19.1. The number of nitrogens with one attached hydrogen (secondary N) is 2. The van der Waals surface area contributed by atoms with Crippen molar-refractivity contribution in [3.8, 4) is 0 Å². The van der Waals surface area contributed by atoms with Crippen LogP contribution in [-0.2, 0) is 4.79 Å². The fourth-order valence-corrected chi connectivity index (χ4v) is 2.89. The summed E-state index contributed by atoms with van der Waals surface area (Å²) in [6.07, 6.45) is 2.93. The zero-order chi connectivity index (χ0) is 14.4. The van der Waals surface area contributed by atoms with Crippen molar-refractivity contribution < 1.29 is 4.79 Å². The van der Waals surface area contributed by atoms with Crippen LogP contribution in [0.1, 0.15) is 44.6 Å². The van der Waals surface area contributed by atoms with Gasteiger partial charge in [0.25, 0.3) is 0 Å². The van der Waals surface area contributed by atoms with Crippen molar-refractivity contribution >= 4 is 18.3 Å². The van der Waals surface area contributed by atoms with Gasteiger partial charge in [0, 0.05) is 24.9 Å². The first kappa shape index (κ1) is 18.0. The van der Waals surface area contributed by atoms with E-state index in [-0.39, 0.29) is 18.3 Å². The van der Waals surface area contributed by atoms with Gasteiger partial charge in [-0.3, -0.25) is 4.79 Å². The van der Waals surface area contributed by atoms with Gasteiger partial charge in [-0.25, -0.2) is 0 Å². The first-order chi connectivity index (χ1) is 9.66. The second-order valence-electron chi connectivity index (χ2n) is 6.06. The van der Waals surface area contributed by atoms with Crippen molar-refractivity contribution in [2.24, 2.45) is 5.92 Å². The molecule has 118 valence electrons. The lowest BCUT2D eigenvalue weighted by Gasteiger charge is -2.22. The van der Waals surface area contributed by atoms with E-state index in [9.17, 15) is 4.79 Å². The van der Waals surface area contributed by atoms with E-state index < -0.39 is 0 Å². The molecule has 1 aromatic carbocycles. The Bertz CT molecular complexity index is 416. The standard InChI is InChI=1S/C17H26N2O.ClH/c1-13(2)16(14-7-4-3-5-8-14)12-19-17(20)11-15-9-6-10-18-15;/h3-5,7-8,13,15-16,18H,6,9-12H2,1-2H3,(H,19,20);1H. The van der Waals surface area contributed by atoms with Gasteiger partial charge in [0.1, 0.15) is 0 Å². The third kappa shape index (κ3) is 5.68.